The first-order valence-corrected chi connectivity index (χ1v) is 6.69. The van der Waals surface area contributed by atoms with Gasteiger partial charge in [-0.2, -0.15) is 0 Å². The fourth-order valence-electron chi connectivity index (χ4n) is 0.737. The molecule has 3 nitrogen and oxygen atoms in total. The normalized spacial score (nSPS) is 14.8. The fourth-order valence-corrected chi connectivity index (χ4v) is 3.82. The van der Waals surface area contributed by atoms with Crippen LogP contribution in [-0.4, -0.2) is 39.9 Å². The average molecular weight is 230 g/mol. The second-order valence-corrected chi connectivity index (χ2v) is 6.04. The van der Waals surface area contributed by atoms with E-state index in [0.717, 1.165) is 0 Å². The summed E-state index contributed by atoms with van der Waals surface area (Å²) in [4.78, 5) is 0. The quantitative estimate of drug-likeness (QED) is 0.397. The van der Waals surface area contributed by atoms with E-state index in [-0.39, 0.29) is 25.7 Å². The molecule has 12 heavy (non-hydrogen) atoms. The molecule has 1 atom stereocenters. The van der Waals surface area contributed by atoms with E-state index in [1.54, 1.807) is 6.92 Å². The topological polar surface area (TPSA) is 60.7 Å². The van der Waals surface area contributed by atoms with Crippen LogP contribution in [0.25, 0.3) is 0 Å². The van der Waals surface area contributed by atoms with Gasteiger partial charge < -0.3 is 15.3 Å². The fraction of sp³-hybridized carbons (Fsp3) is 1.00. The highest BCUT2D eigenvalue weighted by Gasteiger charge is 2.35. The van der Waals surface area contributed by atoms with Gasteiger partial charge >= 0.3 is 0 Å². The van der Waals surface area contributed by atoms with Crippen LogP contribution in [0.2, 0.25) is 0 Å². The van der Waals surface area contributed by atoms with Crippen molar-refractivity contribution in [2.45, 2.75) is 11.7 Å². The Morgan fingerprint density at radius 2 is 1.83 bits per heavy atom. The molecule has 0 heterocycles. The first-order chi connectivity index (χ1) is 5.66. The minimum Gasteiger partial charge on any atom is -0.396 e. The Morgan fingerprint density at radius 3 is 2.08 bits per heavy atom. The highest BCUT2D eigenvalue weighted by atomic mass is 33.5. The maximum atomic E-state index is 9.07. The number of aliphatic hydroxyl groups excluding tert-OH is 3. The third-order valence-electron chi connectivity index (χ3n) is 1.91. The van der Waals surface area contributed by atoms with E-state index >= 15 is 0 Å². The monoisotopic (exact) mass is 230 g/mol. The van der Waals surface area contributed by atoms with Gasteiger partial charge in [-0.1, -0.05) is 29.4 Å². The van der Waals surface area contributed by atoms with Gasteiger partial charge in [0.2, 0.25) is 0 Å². The second-order valence-electron chi connectivity index (χ2n) is 2.62. The van der Waals surface area contributed by atoms with Gasteiger partial charge in [0, 0.05) is 6.61 Å². The molecular formula is C6H14O3S3. The van der Waals surface area contributed by atoms with E-state index in [1.165, 1.54) is 20.6 Å². The van der Waals surface area contributed by atoms with E-state index in [1.807, 2.05) is 0 Å². The lowest BCUT2D eigenvalue weighted by Gasteiger charge is -2.32. The summed E-state index contributed by atoms with van der Waals surface area (Å²) < 4.78 is -0.693. The Hall–Kier alpha value is 0.930. The van der Waals surface area contributed by atoms with Crippen molar-refractivity contribution in [1.82, 2.24) is 0 Å². The smallest absolute Gasteiger partial charge is 0.0779 e. The zero-order chi connectivity index (χ0) is 9.61. The van der Waals surface area contributed by atoms with E-state index in [0.29, 0.717) is 0 Å². The molecule has 0 fully saturated rings. The maximum absolute atomic E-state index is 9.07. The van der Waals surface area contributed by atoms with Gasteiger partial charge in [-0.25, -0.2) is 0 Å². The summed E-state index contributed by atoms with van der Waals surface area (Å²) in [5.74, 6) is -0.155. The molecule has 0 aliphatic carbocycles. The lowest BCUT2D eigenvalue weighted by Crippen LogP contribution is -2.41. The van der Waals surface area contributed by atoms with Crippen molar-refractivity contribution < 1.29 is 15.3 Å². The molecule has 3 N–H and O–H groups in total. The largest absolute Gasteiger partial charge is 0.396 e. The second kappa shape index (κ2) is 6.39. The molecule has 0 amide bonds. The van der Waals surface area contributed by atoms with Crippen LogP contribution in [0.4, 0.5) is 0 Å². The SMILES string of the molecule is CC(CO)C(CO)(CO)SSS. The van der Waals surface area contributed by atoms with Crippen molar-refractivity contribution in [3.63, 3.8) is 0 Å². The summed E-state index contributed by atoms with van der Waals surface area (Å²) in [6, 6.07) is 0. The molecule has 0 radical (unpaired) electrons. The minimum atomic E-state index is -0.693. The van der Waals surface area contributed by atoms with Gasteiger partial charge in [-0.15, -0.1) is 0 Å². The molecular weight excluding hydrogens is 216 g/mol. The average Bonchev–Trinajstić information content (AvgIpc) is 2.13. The molecule has 0 bridgehead atoms. The van der Waals surface area contributed by atoms with Crippen molar-refractivity contribution in [3.05, 3.63) is 0 Å². The lowest BCUT2D eigenvalue weighted by molar-refractivity contribution is 0.106. The van der Waals surface area contributed by atoms with Gasteiger partial charge in [-0.3, -0.25) is 0 Å². The number of hydrogen-bond acceptors (Lipinski definition) is 6. The van der Waals surface area contributed by atoms with Crippen LogP contribution in [0.1, 0.15) is 6.92 Å². The summed E-state index contributed by atoms with van der Waals surface area (Å²) in [5.41, 5.74) is 0. The molecule has 0 saturated carbocycles. The number of thiol groups is 1. The minimum absolute atomic E-state index is 0.0531. The lowest BCUT2D eigenvalue weighted by atomic mass is 9.95. The van der Waals surface area contributed by atoms with Crippen LogP contribution in [0, 0.1) is 5.92 Å². The molecule has 1 unspecified atom stereocenters. The summed E-state index contributed by atoms with van der Waals surface area (Å²) in [5, 5.41) is 27.0. The van der Waals surface area contributed by atoms with Gasteiger partial charge in [0.25, 0.3) is 0 Å². The van der Waals surface area contributed by atoms with E-state index in [2.05, 4.69) is 11.7 Å². The van der Waals surface area contributed by atoms with Gasteiger partial charge in [-0.05, 0) is 15.7 Å². The number of rotatable bonds is 6. The van der Waals surface area contributed by atoms with Crippen molar-refractivity contribution in [2.24, 2.45) is 5.92 Å². The van der Waals surface area contributed by atoms with Gasteiger partial charge in [0.15, 0.2) is 0 Å². The van der Waals surface area contributed by atoms with Crippen molar-refractivity contribution in [2.75, 3.05) is 19.8 Å². The summed E-state index contributed by atoms with van der Waals surface area (Å²) in [6.45, 7) is 1.40. The molecule has 0 aliphatic rings. The van der Waals surface area contributed by atoms with Crippen LogP contribution in [-0.2, 0) is 0 Å². The van der Waals surface area contributed by atoms with Crippen molar-refractivity contribution in [3.8, 4) is 0 Å². The van der Waals surface area contributed by atoms with E-state index < -0.39 is 4.75 Å². The zero-order valence-corrected chi connectivity index (χ0v) is 9.33. The van der Waals surface area contributed by atoms with E-state index in [4.69, 9.17) is 15.3 Å². The maximum Gasteiger partial charge on any atom is 0.0779 e. The zero-order valence-electron chi connectivity index (χ0n) is 6.80. The molecule has 6 heteroatoms. The van der Waals surface area contributed by atoms with Crippen LogP contribution in [0.15, 0.2) is 0 Å². The molecule has 0 rings (SSSR count). The highest BCUT2D eigenvalue weighted by molar-refractivity contribution is 9.05. The van der Waals surface area contributed by atoms with Gasteiger partial charge in [0.05, 0.1) is 18.0 Å². The number of aliphatic hydroxyl groups is 3. The molecule has 0 aliphatic heterocycles. The Morgan fingerprint density at radius 1 is 1.33 bits per heavy atom. The predicted molar refractivity (Wildman–Crippen MR) is 57.3 cm³/mol. The summed E-state index contributed by atoms with van der Waals surface area (Å²) >= 11 is 3.93. The van der Waals surface area contributed by atoms with Crippen LogP contribution < -0.4 is 0 Å². The molecule has 0 saturated heterocycles. The first-order valence-electron chi connectivity index (χ1n) is 3.48. The van der Waals surface area contributed by atoms with Crippen LogP contribution in [0.5, 0.6) is 0 Å². The third-order valence-corrected chi connectivity index (χ3v) is 4.87. The highest BCUT2D eigenvalue weighted by Crippen LogP contribution is 2.42. The Bertz CT molecular complexity index is 119. The molecule has 0 aromatic carbocycles. The summed E-state index contributed by atoms with van der Waals surface area (Å²) in [7, 11) is 2.46. The standard InChI is InChI=1S/C6H14O3S3/c1-5(2-7)6(3-8,4-9)11-12-10/h5,7-10H,2-4H2,1H3. The van der Waals surface area contributed by atoms with Crippen LogP contribution >= 0.6 is 32.3 Å². The Labute approximate surface area is 85.1 Å². The molecule has 0 aromatic heterocycles. The Balaban J connectivity index is 4.33. The molecule has 74 valence electrons. The van der Waals surface area contributed by atoms with E-state index in [9.17, 15) is 0 Å². The Kier molecular flexibility index (Phi) is 6.89. The van der Waals surface area contributed by atoms with Gasteiger partial charge in [0.1, 0.15) is 0 Å². The van der Waals surface area contributed by atoms with Crippen LogP contribution in [0.3, 0.4) is 0 Å². The predicted octanol–water partition coefficient (Wildman–Crippen LogP) is 0.564. The number of hydrogen-bond donors (Lipinski definition) is 4. The molecule has 0 aromatic rings. The van der Waals surface area contributed by atoms with Crippen molar-refractivity contribution >= 4 is 32.3 Å². The first kappa shape index (κ1) is 12.9. The third kappa shape index (κ3) is 3.01. The molecule has 0 spiro atoms. The van der Waals surface area contributed by atoms with Crippen molar-refractivity contribution in [1.29, 1.82) is 0 Å². The summed E-state index contributed by atoms with van der Waals surface area (Å²) in [6.07, 6.45) is 0.